The van der Waals surface area contributed by atoms with Crippen LogP contribution in [-0.2, 0) is 14.3 Å². The number of hydrogen-bond acceptors (Lipinski definition) is 8. The summed E-state index contributed by atoms with van der Waals surface area (Å²) in [5.74, 6) is -0.558. The zero-order chi connectivity index (χ0) is 27.0. The van der Waals surface area contributed by atoms with E-state index in [0.717, 1.165) is 27.6 Å². The van der Waals surface area contributed by atoms with E-state index in [1.54, 1.807) is 50.1 Å². The van der Waals surface area contributed by atoms with Crippen molar-refractivity contribution < 1.29 is 23.9 Å². The molecule has 2 aliphatic carbocycles. The summed E-state index contributed by atoms with van der Waals surface area (Å²) in [5.41, 5.74) is 1.96. The summed E-state index contributed by atoms with van der Waals surface area (Å²) in [5, 5.41) is 1.02. The van der Waals surface area contributed by atoms with E-state index in [9.17, 15) is 19.2 Å². The van der Waals surface area contributed by atoms with E-state index < -0.39 is 5.97 Å². The van der Waals surface area contributed by atoms with E-state index >= 15 is 0 Å². The zero-order valence-corrected chi connectivity index (χ0v) is 22.9. The quantitative estimate of drug-likeness (QED) is 0.365. The average Bonchev–Trinajstić information content (AvgIpc) is 3.68. The van der Waals surface area contributed by atoms with Gasteiger partial charge in [-0.1, -0.05) is 23.5 Å². The molecule has 200 valence electrons. The van der Waals surface area contributed by atoms with Crippen LogP contribution in [0.15, 0.2) is 58.4 Å². The third-order valence-electron chi connectivity index (χ3n) is 8.84. The van der Waals surface area contributed by atoms with Crippen LogP contribution in [-0.4, -0.2) is 41.7 Å². The molecule has 1 saturated heterocycles. The summed E-state index contributed by atoms with van der Waals surface area (Å²) in [7, 11) is 1.63. The van der Waals surface area contributed by atoms with Gasteiger partial charge >= 0.3 is 10.8 Å². The normalized spacial score (nSPS) is 30.2. The number of nitrogens with zero attached hydrogens (tertiary/aromatic N) is 1. The van der Waals surface area contributed by atoms with E-state index in [1.807, 2.05) is 24.3 Å². The molecular weight excluding hydrogens is 536 g/mol. The first-order valence-corrected chi connectivity index (χ1v) is 14.8. The number of anilines is 1. The Labute approximate surface area is 232 Å². The number of carbonyl (C=O) groups is 3. The number of methoxy groups -OCH3 is 1. The lowest BCUT2D eigenvalue weighted by Gasteiger charge is -2.43. The number of thiazole rings is 1. The Kier molecular flexibility index (Phi) is 5.75. The van der Waals surface area contributed by atoms with Gasteiger partial charge < -0.3 is 14.5 Å². The molecule has 2 bridgehead atoms. The lowest BCUT2D eigenvalue weighted by molar-refractivity contribution is -0.123. The Hall–Kier alpha value is -3.37. The molecule has 0 radical (unpaired) electrons. The summed E-state index contributed by atoms with van der Waals surface area (Å²) >= 11 is 2.92. The predicted octanol–water partition coefficient (Wildman–Crippen LogP) is 4.30. The number of carbonyl (C=O) groups excluding carboxylic acids is 3. The van der Waals surface area contributed by atoms with Gasteiger partial charge in [-0.25, -0.2) is 4.79 Å². The second kappa shape index (κ2) is 9.09. The number of H-pyrrole nitrogens is 1. The highest BCUT2D eigenvalue weighted by Crippen LogP contribution is 2.68. The number of hydrogen-bond donors (Lipinski definition) is 1. The van der Waals surface area contributed by atoms with Crippen LogP contribution in [0, 0.1) is 29.6 Å². The van der Waals surface area contributed by atoms with Crippen molar-refractivity contribution in [1.82, 2.24) is 4.98 Å². The van der Waals surface area contributed by atoms with Crippen LogP contribution < -0.4 is 14.5 Å². The van der Waals surface area contributed by atoms with Gasteiger partial charge in [0.05, 0.1) is 41.8 Å². The molecule has 3 heterocycles. The second-order valence-corrected chi connectivity index (χ2v) is 12.7. The number of imide groups is 1. The van der Waals surface area contributed by atoms with Crippen molar-refractivity contribution in [1.29, 1.82) is 0 Å². The molecule has 2 aliphatic heterocycles. The predicted molar refractivity (Wildman–Crippen MR) is 146 cm³/mol. The topological polar surface area (TPSA) is 106 Å². The van der Waals surface area contributed by atoms with Crippen molar-refractivity contribution in [2.24, 2.45) is 29.6 Å². The van der Waals surface area contributed by atoms with E-state index in [0.29, 0.717) is 11.3 Å². The minimum absolute atomic E-state index is 0.0298. The average molecular weight is 563 g/mol. The summed E-state index contributed by atoms with van der Waals surface area (Å²) < 4.78 is 10.4. The first-order chi connectivity index (χ1) is 18.9. The van der Waals surface area contributed by atoms with Crippen LogP contribution in [0.2, 0.25) is 0 Å². The maximum absolute atomic E-state index is 13.9. The highest BCUT2D eigenvalue weighted by atomic mass is 32.2. The summed E-state index contributed by atoms with van der Waals surface area (Å²) in [6, 6.07) is 14.5. The Morgan fingerprint density at radius 3 is 2.36 bits per heavy atom. The number of fused-ring (bicyclic) bond motifs is 9. The van der Waals surface area contributed by atoms with Crippen molar-refractivity contribution in [3.8, 4) is 5.75 Å². The molecule has 8 nitrogen and oxygen atoms in total. The Morgan fingerprint density at radius 1 is 1.00 bits per heavy atom. The van der Waals surface area contributed by atoms with Gasteiger partial charge in [-0.2, -0.15) is 0 Å². The van der Waals surface area contributed by atoms with E-state index in [4.69, 9.17) is 9.47 Å². The van der Waals surface area contributed by atoms with Crippen molar-refractivity contribution in [2.45, 2.75) is 29.5 Å². The molecule has 2 aromatic carbocycles. The van der Waals surface area contributed by atoms with Gasteiger partial charge in [0.1, 0.15) is 5.75 Å². The fourth-order valence-electron chi connectivity index (χ4n) is 7.42. The van der Waals surface area contributed by atoms with Crippen LogP contribution in [0.3, 0.4) is 0 Å². The lowest BCUT2D eigenvalue weighted by Crippen LogP contribution is -2.42. The second-order valence-electron chi connectivity index (χ2n) is 10.5. The molecule has 39 heavy (non-hydrogen) atoms. The smallest absolute Gasteiger partial charge is 0.338 e. The molecule has 2 amide bonds. The number of rotatable bonds is 5. The third-order valence-corrected chi connectivity index (χ3v) is 11.4. The Morgan fingerprint density at radius 2 is 1.69 bits per heavy atom. The van der Waals surface area contributed by atoms with Crippen molar-refractivity contribution in [3.05, 3.63) is 74.2 Å². The maximum Gasteiger partial charge on any atom is 0.338 e. The van der Waals surface area contributed by atoms with Crippen molar-refractivity contribution in [2.75, 3.05) is 18.6 Å². The molecule has 4 aliphatic rings. The van der Waals surface area contributed by atoms with Crippen LogP contribution in [0.5, 0.6) is 5.75 Å². The van der Waals surface area contributed by atoms with Gasteiger partial charge in [-0.05, 0) is 73.1 Å². The third kappa shape index (κ3) is 3.57. The highest BCUT2D eigenvalue weighted by molar-refractivity contribution is 8.00. The molecule has 7 rings (SSSR count). The molecule has 0 unspecified atom stereocenters. The molecule has 1 aromatic heterocycles. The number of amides is 2. The van der Waals surface area contributed by atoms with Gasteiger partial charge in [0.25, 0.3) is 0 Å². The Bertz CT molecular complexity index is 1540. The largest absolute Gasteiger partial charge is 0.497 e. The monoisotopic (exact) mass is 562 g/mol. The summed E-state index contributed by atoms with van der Waals surface area (Å²) in [4.78, 5) is 57.5. The summed E-state index contributed by atoms with van der Waals surface area (Å²) in [6.07, 6.45) is 0.830. The van der Waals surface area contributed by atoms with Gasteiger partial charge in [0.2, 0.25) is 11.8 Å². The molecule has 2 saturated carbocycles. The summed E-state index contributed by atoms with van der Waals surface area (Å²) in [6.45, 7) is 2.01. The number of thioether (sulfide) groups is 1. The number of esters is 1. The fraction of sp³-hybridized carbons (Fsp3) is 0.379. The standard InChI is InChI=1S/C29H26N2O6S2/c1-3-37-28(34)14-4-8-15(9-5-14)31-26(32)21-17-12-18(22(21)27(31)33)23-20(17)19(13-6-10-16(36-2)11-7-13)24-25(38-23)30-29(35)39-24/h4-11,17-23H,3,12H2,1-2H3,(H,30,35)/t17-,18-,19+,20+,21+,22+,23-/m1/s1. The molecule has 0 spiro atoms. The SMILES string of the molecule is CCOC(=O)c1ccc(N2C(=O)[C@H]3[C@H]4C[C@@H]([C@@H]3C2=O)[C@H]2[C@H](c3ccc(OC)cc3)c3sc(=O)[nH]c3S[C@H]42)cc1. The number of nitrogens with one attached hydrogen (secondary N) is 1. The molecule has 3 fully saturated rings. The van der Waals surface area contributed by atoms with Gasteiger partial charge in [0, 0.05) is 16.0 Å². The number of aromatic nitrogens is 1. The molecular formula is C29H26N2O6S2. The first kappa shape index (κ1) is 24.7. The maximum atomic E-state index is 13.9. The van der Waals surface area contributed by atoms with E-state index in [2.05, 4.69) is 4.98 Å². The van der Waals surface area contributed by atoms with Crippen LogP contribution in [0.25, 0.3) is 0 Å². The Balaban J connectivity index is 1.24. The van der Waals surface area contributed by atoms with Crippen molar-refractivity contribution >= 4 is 46.6 Å². The minimum atomic E-state index is -0.436. The highest BCUT2D eigenvalue weighted by Gasteiger charge is 2.69. The van der Waals surface area contributed by atoms with Gasteiger partial charge in [-0.15, -0.1) is 11.8 Å². The van der Waals surface area contributed by atoms with Crippen LogP contribution >= 0.6 is 23.1 Å². The van der Waals surface area contributed by atoms with E-state index in [1.165, 1.54) is 16.2 Å². The van der Waals surface area contributed by atoms with Gasteiger partial charge in [-0.3, -0.25) is 19.3 Å². The molecule has 1 N–H and O–H groups in total. The zero-order valence-electron chi connectivity index (χ0n) is 21.3. The molecule has 7 atom stereocenters. The lowest BCUT2D eigenvalue weighted by atomic mass is 9.68. The van der Waals surface area contributed by atoms with Gasteiger partial charge in [0.15, 0.2) is 0 Å². The number of benzene rings is 2. The van der Waals surface area contributed by atoms with Crippen molar-refractivity contribution in [3.63, 3.8) is 0 Å². The minimum Gasteiger partial charge on any atom is -0.497 e. The van der Waals surface area contributed by atoms with E-state index in [-0.39, 0.29) is 64.1 Å². The fourth-order valence-corrected chi connectivity index (χ4v) is 10.3. The first-order valence-electron chi connectivity index (χ1n) is 13.1. The number of aromatic amines is 1. The van der Waals surface area contributed by atoms with Crippen LogP contribution in [0.4, 0.5) is 5.69 Å². The molecule has 10 heteroatoms. The number of ether oxygens (including phenoxy) is 2. The van der Waals surface area contributed by atoms with Crippen LogP contribution in [0.1, 0.15) is 40.1 Å². The molecule has 3 aromatic rings.